The van der Waals surface area contributed by atoms with Crippen molar-refractivity contribution in [1.82, 2.24) is 4.90 Å². The highest BCUT2D eigenvalue weighted by atomic mass is 15.1. The highest BCUT2D eigenvalue weighted by Gasteiger charge is 2.27. The average molecular weight is 212 g/mol. The summed E-state index contributed by atoms with van der Waals surface area (Å²) in [6.45, 7) is 11.7. The van der Waals surface area contributed by atoms with Crippen molar-refractivity contribution in [1.29, 1.82) is 0 Å². The Kier molecular flexibility index (Phi) is 5.07. The second-order valence-electron chi connectivity index (χ2n) is 5.64. The lowest BCUT2D eigenvalue weighted by Crippen LogP contribution is -2.39. The van der Waals surface area contributed by atoms with Crippen LogP contribution in [0.5, 0.6) is 0 Å². The molecule has 1 atom stereocenters. The van der Waals surface area contributed by atoms with Crippen molar-refractivity contribution in [3.63, 3.8) is 0 Å². The molecule has 0 aliphatic carbocycles. The fourth-order valence-corrected chi connectivity index (χ4v) is 2.19. The molecule has 2 heteroatoms. The molecule has 1 saturated heterocycles. The quantitative estimate of drug-likeness (QED) is 0.758. The summed E-state index contributed by atoms with van der Waals surface area (Å²) < 4.78 is 0. The molecule has 1 heterocycles. The van der Waals surface area contributed by atoms with Crippen LogP contribution < -0.4 is 5.73 Å². The van der Waals surface area contributed by atoms with Crippen LogP contribution in [0, 0.1) is 11.3 Å². The van der Waals surface area contributed by atoms with Gasteiger partial charge in [-0.1, -0.05) is 27.2 Å². The minimum absolute atomic E-state index is 0.621. The van der Waals surface area contributed by atoms with Crippen molar-refractivity contribution in [2.45, 2.75) is 46.5 Å². The third kappa shape index (κ3) is 4.12. The molecule has 0 amide bonds. The van der Waals surface area contributed by atoms with Gasteiger partial charge in [0.1, 0.15) is 0 Å². The van der Waals surface area contributed by atoms with Crippen molar-refractivity contribution >= 4 is 0 Å². The highest BCUT2D eigenvalue weighted by molar-refractivity contribution is 4.81. The minimum atomic E-state index is 0.621. The SMILES string of the molecule is CCC1(C)CCN(CCC(C)CN)CC1. The van der Waals surface area contributed by atoms with E-state index in [2.05, 4.69) is 25.7 Å². The predicted molar refractivity (Wildman–Crippen MR) is 66.9 cm³/mol. The maximum atomic E-state index is 5.63. The molecular formula is C13H28N2. The largest absolute Gasteiger partial charge is 0.330 e. The number of likely N-dealkylation sites (tertiary alicyclic amines) is 1. The zero-order valence-electron chi connectivity index (χ0n) is 10.8. The average Bonchev–Trinajstić information content (AvgIpc) is 2.28. The lowest BCUT2D eigenvalue weighted by atomic mass is 9.78. The van der Waals surface area contributed by atoms with E-state index in [1.54, 1.807) is 0 Å². The van der Waals surface area contributed by atoms with Crippen LogP contribution in [0.1, 0.15) is 46.5 Å². The standard InChI is InChI=1S/C13H28N2/c1-4-13(3)6-9-15(10-7-13)8-5-12(2)11-14/h12H,4-11,14H2,1-3H3. The monoisotopic (exact) mass is 212 g/mol. The summed E-state index contributed by atoms with van der Waals surface area (Å²) in [5, 5.41) is 0. The molecule has 90 valence electrons. The third-order valence-corrected chi connectivity index (χ3v) is 4.26. The van der Waals surface area contributed by atoms with Crippen LogP contribution in [-0.2, 0) is 0 Å². The first kappa shape index (κ1) is 13.0. The molecule has 0 aromatic heterocycles. The van der Waals surface area contributed by atoms with Crippen molar-refractivity contribution in [3.05, 3.63) is 0 Å². The van der Waals surface area contributed by atoms with Crippen molar-refractivity contribution in [2.24, 2.45) is 17.1 Å². The first-order chi connectivity index (χ1) is 7.09. The summed E-state index contributed by atoms with van der Waals surface area (Å²) in [5.74, 6) is 0.685. The van der Waals surface area contributed by atoms with E-state index in [0.29, 0.717) is 11.3 Å². The predicted octanol–water partition coefficient (Wildman–Crippen LogP) is 2.48. The van der Waals surface area contributed by atoms with Gasteiger partial charge in [-0.3, -0.25) is 0 Å². The van der Waals surface area contributed by atoms with Gasteiger partial charge in [0.15, 0.2) is 0 Å². The summed E-state index contributed by atoms with van der Waals surface area (Å²) in [5.41, 5.74) is 6.25. The Morgan fingerprint density at radius 2 is 1.93 bits per heavy atom. The Hall–Kier alpha value is -0.0800. The van der Waals surface area contributed by atoms with Gasteiger partial charge in [-0.2, -0.15) is 0 Å². The number of piperidine rings is 1. The zero-order valence-corrected chi connectivity index (χ0v) is 10.8. The summed E-state index contributed by atoms with van der Waals surface area (Å²) in [7, 11) is 0. The number of rotatable bonds is 5. The molecule has 1 aliphatic heterocycles. The number of nitrogens with two attached hydrogens (primary N) is 1. The Balaban J connectivity index is 2.20. The zero-order chi connectivity index (χ0) is 11.3. The summed E-state index contributed by atoms with van der Waals surface area (Å²) >= 11 is 0. The van der Waals surface area contributed by atoms with Crippen LogP contribution >= 0.6 is 0 Å². The first-order valence-corrected chi connectivity index (χ1v) is 6.52. The first-order valence-electron chi connectivity index (χ1n) is 6.52. The fraction of sp³-hybridized carbons (Fsp3) is 1.00. The van der Waals surface area contributed by atoms with Crippen LogP contribution in [0.15, 0.2) is 0 Å². The topological polar surface area (TPSA) is 29.3 Å². The van der Waals surface area contributed by atoms with E-state index in [-0.39, 0.29) is 0 Å². The van der Waals surface area contributed by atoms with Crippen LogP contribution in [0.2, 0.25) is 0 Å². The van der Waals surface area contributed by atoms with Gasteiger partial charge < -0.3 is 10.6 Å². The van der Waals surface area contributed by atoms with E-state index in [0.717, 1.165) is 6.54 Å². The highest BCUT2D eigenvalue weighted by Crippen LogP contribution is 2.33. The van der Waals surface area contributed by atoms with E-state index in [1.165, 1.54) is 45.3 Å². The number of hydrogen-bond acceptors (Lipinski definition) is 2. The van der Waals surface area contributed by atoms with E-state index < -0.39 is 0 Å². The molecule has 15 heavy (non-hydrogen) atoms. The van der Waals surface area contributed by atoms with E-state index in [4.69, 9.17) is 5.73 Å². The molecule has 0 aromatic rings. The van der Waals surface area contributed by atoms with E-state index in [9.17, 15) is 0 Å². The molecular weight excluding hydrogens is 184 g/mol. The summed E-state index contributed by atoms with van der Waals surface area (Å²) in [4.78, 5) is 2.61. The molecule has 1 rings (SSSR count). The minimum Gasteiger partial charge on any atom is -0.330 e. The second-order valence-corrected chi connectivity index (χ2v) is 5.64. The van der Waals surface area contributed by atoms with Crippen LogP contribution in [0.25, 0.3) is 0 Å². The van der Waals surface area contributed by atoms with Crippen LogP contribution in [0.4, 0.5) is 0 Å². The maximum Gasteiger partial charge on any atom is -0.00135 e. The van der Waals surface area contributed by atoms with E-state index in [1.807, 2.05) is 0 Å². The van der Waals surface area contributed by atoms with Gasteiger partial charge in [0.05, 0.1) is 0 Å². The van der Waals surface area contributed by atoms with Crippen LogP contribution in [0.3, 0.4) is 0 Å². The van der Waals surface area contributed by atoms with E-state index >= 15 is 0 Å². The maximum absolute atomic E-state index is 5.63. The van der Waals surface area contributed by atoms with Gasteiger partial charge in [0.25, 0.3) is 0 Å². The van der Waals surface area contributed by atoms with Crippen molar-refractivity contribution < 1.29 is 0 Å². The van der Waals surface area contributed by atoms with Gasteiger partial charge >= 0.3 is 0 Å². The van der Waals surface area contributed by atoms with Crippen molar-refractivity contribution in [3.8, 4) is 0 Å². The third-order valence-electron chi connectivity index (χ3n) is 4.26. The molecule has 1 aliphatic rings. The van der Waals surface area contributed by atoms with Gasteiger partial charge in [-0.25, -0.2) is 0 Å². The molecule has 2 N–H and O–H groups in total. The molecule has 1 unspecified atom stereocenters. The molecule has 2 nitrogen and oxygen atoms in total. The molecule has 0 spiro atoms. The fourth-order valence-electron chi connectivity index (χ4n) is 2.19. The van der Waals surface area contributed by atoms with Gasteiger partial charge in [-0.05, 0) is 56.8 Å². The summed E-state index contributed by atoms with van der Waals surface area (Å²) in [6, 6.07) is 0. The Morgan fingerprint density at radius 3 is 2.40 bits per heavy atom. The summed E-state index contributed by atoms with van der Waals surface area (Å²) in [6.07, 6.45) is 5.35. The molecule has 0 aromatic carbocycles. The smallest absolute Gasteiger partial charge is 0.00135 e. The van der Waals surface area contributed by atoms with Crippen molar-refractivity contribution in [2.75, 3.05) is 26.2 Å². The van der Waals surface area contributed by atoms with Gasteiger partial charge in [-0.15, -0.1) is 0 Å². The molecule has 1 fully saturated rings. The Labute approximate surface area is 95.2 Å². The number of hydrogen-bond donors (Lipinski definition) is 1. The molecule has 0 saturated carbocycles. The lowest BCUT2D eigenvalue weighted by Gasteiger charge is -2.39. The Bertz CT molecular complexity index is 169. The number of nitrogens with zero attached hydrogens (tertiary/aromatic N) is 1. The normalized spacial score (nSPS) is 24.0. The Morgan fingerprint density at radius 1 is 1.33 bits per heavy atom. The van der Waals surface area contributed by atoms with Gasteiger partial charge in [0, 0.05) is 0 Å². The lowest BCUT2D eigenvalue weighted by molar-refractivity contribution is 0.110. The van der Waals surface area contributed by atoms with Crippen LogP contribution in [-0.4, -0.2) is 31.1 Å². The molecule has 0 radical (unpaired) electrons. The molecule has 0 bridgehead atoms. The second kappa shape index (κ2) is 5.86. The van der Waals surface area contributed by atoms with Gasteiger partial charge in [0.2, 0.25) is 0 Å².